The zero-order chi connectivity index (χ0) is 23.2. The summed E-state index contributed by atoms with van der Waals surface area (Å²) in [5.74, 6) is 1.77. The maximum Gasteiger partial charge on any atom is 0.323 e. The van der Waals surface area contributed by atoms with E-state index in [2.05, 4.69) is 32.6 Å². The quantitative estimate of drug-likeness (QED) is 0.358. The van der Waals surface area contributed by atoms with E-state index in [-0.39, 0.29) is 6.03 Å². The van der Waals surface area contributed by atoms with Crippen molar-refractivity contribution in [3.05, 3.63) is 60.6 Å². The monoisotopic (exact) mass is 464 g/mol. The first-order valence-corrected chi connectivity index (χ1v) is 11.2. The predicted octanol–water partition coefficient (Wildman–Crippen LogP) is 4.89. The van der Waals surface area contributed by atoms with Gasteiger partial charge in [0.15, 0.2) is 0 Å². The third kappa shape index (κ3) is 5.53. The predicted molar refractivity (Wildman–Crippen MR) is 128 cm³/mol. The van der Waals surface area contributed by atoms with Gasteiger partial charge < -0.3 is 20.1 Å². The Kier molecular flexibility index (Phi) is 6.94. The molecular weight excluding hydrogens is 440 g/mol. The lowest BCUT2D eigenvalue weighted by Crippen LogP contribution is -2.19. The van der Waals surface area contributed by atoms with E-state index in [1.165, 1.54) is 6.33 Å². The first-order valence-electron chi connectivity index (χ1n) is 10.4. The summed E-state index contributed by atoms with van der Waals surface area (Å²) in [6, 6.07) is 14.4. The van der Waals surface area contributed by atoms with E-state index < -0.39 is 0 Å². The molecule has 0 bridgehead atoms. The maximum atomic E-state index is 12.4. The summed E-state index contributed by atoms with van der Waals surface area (Å²) in [6.45, 7) is 2.12. The van der Waals surface area contributed by atoms with Crippen LogP contribution in [0.4, 0.5) is 16.2 Å². The molecule has 2 aromatic heterocycles. The molecule has 10 heteroatoms. The second kappa shape index (κ2) is 10.2. The van der Waals surface area contributed by atoms with Crippen LogP contribution in [0, 0.1) is 0 Å². The summed E-state index contributed by atoms with van der Waals surface area (Å²) in [7, 11) is 3.12. The number of nitrogens with zero attached hydrogens (tertiary/aromatic N) is 4. The number of urea groups is 1. The number of carbonyl (C=O) groups excluding carboxylic acids is 1. The minimum atomic E-state index is -0.367. The van der Waals surface area contributed by atoms with Crippen LogP contribution in [0.3, 0.4) is 0 Å². The van der Waals surface area contributed by atoms with Crippen molar-refractivity contribution in [1.82, 2.24) is 19.6 Å². The number of nitrogens with one attached hydrogen (secondary N) is 2. The molecule has 0 aliphatic rings. The Morgan fingerprint density at radius 1 is 1.00 bits per heavy atom. The van der Waals surface area contributed by atoms with E-state index >= 15 is 0 Å². The van der Waals surface area contributed by atoms with Crippen molar-refractivity contribution >= 4 is 34.9 Å². The molecule has 2 aromatic carbocycles. The molecule has 0 aliphatic carbocycles. The minimum Gasteiger partial charge on any atom is -0.497 e. The van der Waals surface area contributed by atoms with Gasteiger partial charge in [-0.1, -0.05) is 25.1 Å². The number of methoxy groups -OCH3 is 2. The Morgan fingerprint density at radius 2 is 1.70 bits per heavy atom. The third-order valence-corrected chi connectivity index (χ3v) is 5.73. The number of amides is 2. The van der Waals surface area contributed by atoms with Crippen molar-refractivity contribution in [2.75, 3.05) is 24.9 Å². The first-order chi connectivity index (χ1) is 16.1. The maximum absolute atomic E-state index is 12.4. The fraction of sp³-hybridized carbons (Fsp3) is 0.217. The third-order valence-electron chi connectivity index (χ3n) is 4.72. The van der Waals surface area contributed by atoms with Crippen LogP contribution in [-0.4, -0.2) is 39.8 Å². The zero-order valence-electron chi connectivity index (χ0n) is 18.5. The Balaban J connectivity index is 1.43. The van der Waals surface area contributed by atoms with E-state index in [4.69, 9.17) is 9.47 Å². The summed E-state index contributed by atoms with van der Waals surface area (Å²) < 4.78 is 12.2. The molecule has 33 heavy (non-hydrogen) atoms. The summed E-state index contributed by atoms with van der Waals surface area (Å²) in [5, 5.41) is 10.8. The Morgan fingerprint density at radius 3 is 2.36 bits per heavy atom. The fourth-order valence-electron chi connectivity index (χ4n) is 3.19. The fourth-order valence-corrected chi connectivity index (χ4v) is 4.11. The van der Waals surface area contributed by atoms with Crippen LogP contribution in [-0.2, 0) is 6.42 Å². The van der Waals surface area contributed by atoms with E-state index in [0.717, 1.165) is 28.5 Å². The number of benzene rings is 2. The molecule has 0 atom stereocenters. The lowest BCUT2D eigenvalue weighted by molar-refractivity contribution is 0.262. The lowest BCUT2D eigenvalue weighted by Gasteiger charge is -2.11. The summed E-state index contributed by atoms with van der Waals surface area (Å²) in [6.07, 6.45) is 3.39. The van der Waals surface area contributed by atoms with Crippen LogP contribution >= 0.6 is 11.8 Å². The van der Waals surface area contributed by atoms with Gasteiger partial charge in [0, 0.05) is 40.2 Å². The Hall–Kier alpha value is -3.79. The Labute approximate surface area is 195 Å². The Bertz CT molecular complexity index is 1240. The molecule has 0 saturated heterocycles. The average molecular weight is 465 g/mol. The smallest absolute Gasteiger partial charge is 0.323 e. The van der Waals surface area contributed by atoms with Crippen LogP contribution in [0.15, 0.2) is 64.8 Å². The van der Waals surface area contributed by atoms with Gasteiger partial charge in [-0.3, -0.25) is 0 Å². The van der Waals surface area contributed by atoms with Crippen LogP contribution in [0.2, 0.25) is 0 Å². The second-order valence-electron chi connectivity index (χ2n) is 7.11. The highest BCUT2D eigenvalue weighted by atomic mass is 32.2. The van der Waals surface area contributed by atoms with Gasteiger partial charge in [-0.15, -0.1) is 0 Å². The van der Waals surface area contributed by atoms with Crippen molar-refractivity contribution in [2.45, 2.75) is 29.7 Å². The highest BCUT2D eigenvalue weighted by molar-refractivity contribution is 7.99. The standard InChI is InChI=1S/C23H24N6O3S/c1-4-5-16-12-21(29-22(26-16)24-14-25-29)33-20-8-6-15(7-9-20)27-23(30)28-17-10-18(31-2)13-19(11-17)32-3/h6-14H,4-5H2,1-3H3,(H2,27,28,30). The van der Waals surface area contributed by atoms with Crippen LogP contribution < -0.4 is 20.1 Å². The highest BCUT2D eigenvalue weighted by Gasteiger charge is 2.10. The SMILES string of the molecule is CCCc1cc(Sc2ccc(NC(=O)Nc3cc(OC)cc(OC)c3)cc2)n2ncnc2n1. The first kappa shape index (κ1) is 22.4. The van der Waals surface area contributed by atoms with Crippen molar-refractivity contribution < 1.29 is 14.3 Å². The number of aromatic nitrogens is 4. The van der Waals surface area contributed by atoms with Crippen molar-refractivity contribution in [1.29, 1.82) is 0 Å². The molecular formula is C23H24N6O3S. The molecule has 2 N–H and O–H groups in total. The molecule has 0 radical (unpaired) electrons. The number of hydrogen-bond donors (Lipinski definition) is 2. The number of carbonyl (C=O) groups is 1. The number of hydrogen-bond acceptors (Lipinski definition) is 7. The van der Waals surface area contributed by atoms with Gasteiger partial charge in [0.25, 0.3) is 5.78 Å². The summed E-state index contributed by atoms with van der Waals surface area (Å²) in [4.78, 5) is 22.2. The largest absolute Gasteiger partial charge is 0.497 e. The molecule has 170 valence electrons. The second-order valence-corrected chi connectivity index (χ2v) is 8.21. The van der Waals surface area contributed by atoms with Crippen molar-refractivity contribution in [3.8, 4) is 11.5 Å². The van der Waals surface area contributed by atoms with Crippen molar-refractivity contribution in [2.24, 2.45) is 0 Å². The highest BCUT2D eigenvalue weighted by Crippen LogP contribution is 2.29. The van der Waals surface area contributed by atoms with Gasteiger partial charge >= 0.3 is 6.03 Å². The number of aryl methyl sites for hydroxylation is 1. The van der Waals surface area contributed by atoms with E-state index in [9.17, 15) is 4.79 Å². The lowest BCUT2D eigenvalue weighted by atomic mass is 10.2. The number of anilines is 2. The normalized spacial score (nSPS) is 10.8. The van der Waals surface area contributed by atoms with Gasteiger partial charge in [0.05, 0.1) is 14.2 Å². The molecule has 4 aromatic rings. The number of fused-ring (bicyclic) bond motifs is 1. The summed E-state index contributed by atoms with van der Waals surface area (Å²) in [5.41, 5.74) is 2.22. The van der Waals surface area contributed by atoms with Gasteiger partial charge in [0.2, 0.25) is 0 Å². The molecule has 9 nitrogen and oxygen atoms in total. The molecule has 2 heterocycles. The van der Waals surface area contributed by atoms with Gasteiger partial charge in [-0.25, -0.2) is 9.78 Å². The molecule has 0 aliphatic heterocycles. The average Bonchev–Trinajstić information content (AvgIpc) is 3.29. The van der Waals surface area contributed by atoms with E-state index in [0.29, 0.717) is 28.7 Å². The summed E-state index contributed by atoms with van der Waals surface area (Å²) >= 11 is 1.56. The minimum absolute atomic E-state index is 0.367. The topological polar surface area (TPSA) is 103 Å². The van der Waals surface area contributed by atoms with E-state index in [1.54, 1.807) is 48.7 Å². The van der Waals surface area contributed by atoms with Gasteiger partial charge in [-0.05, 0) is 36.8 Å². The van der Waals surface area contributed by atoms with Crippen LogP contribution in [0.1, 0.15) is 19.0 Å². The molecule has 4 rings (SSSR count). The molecule has 2 amide bonds. The molecule has 0 unspecified atom stereocenters. The van der Waals surface area contributed by atoms with Gasteiger partial charge in [0.1, 0.15) is 22.9 Å². The molecule has 0 saturated carbocycles. The number of ether oxygens (including phenoxy) is 2. The zero-order valence-corrected chi connectivity index (χ0v) is 19.3. The molecule has 0 fully saturated rings. The van der Waals surface area contributed by atoms with Crippen LogP contribution in [0.25, 0.3) is 5.78 Å². The van der Waals surface area contributed by atoms with Crippen LogP contribution in [0.5, 0.6) is 11.5 Å². The van der Waals surface area contributed by atoms with E-state index in [1.807, 2.05) is 30.3 Å². The number of rotatable bonds is 8. The molecule has 0 spiro atoms. The van der Waals surface area contributed by atoms with Crippen molar-refractivity contribution in [3.63, 3.8) is 0 Å². The van der Waals surface area contributed by atoms with Gasteiger partial charge in [-0.2, -0.15) is 14.6 Å².